The fourth-order valence-corrected chi connectivity index (χ4v) is 8.56. The van der Waals surface area contributed by atoms with Crippen molar-refractivity contribution in [1.82, 2.24) is 24.0 Å². The van der Waals surface area contributed by atoms with E-state index >= 15 is 0 Å². The highest BCUT2D eigenvalue weighted by molar-refractivity contribution is 8.09. The highest BCUT2D eigenvalue weighted by Crippen LogP contribution is 2.25. The summed E-state index contributed by atoms with van der Waals surface area (Å²) >= 11 is 0. The molecule has 1 unspecified atom stereocenters. The third kappa shape index (κ3) is 8.59. The molecule has 0 spiro atoms. The predicted molar refractivity (Wildman–Crippen MR) is 186 cm³/mol. The standard InChI is InChI=1S/C31H43N7O9S2/c1-20(2)14-16-36-25-26(33-28(36)35-15-10-12-22(18-35)32-29(41)47-31(3,4)5)34(6)30(42)37(27(25)40)19-24(39)21-11-9-13-23(17-21)38(48(7,43)44)49(8,45)46/h9,11,13-14,17,22H,10,12,15-16,18-19H2,1-8H3,(H,32,41). The Kier molecular flexibility index (Phi) is 10.5. The Morgan fingerprint density at radius 1 is 1.08 bits per heavy atom. The normalized spacial score (nSPS) is 15.6. The summed E-state index contributed by atoms with van der Waals surface area (Å²) in [5, 5.41) is 2.90. The Hall–Kier alpha value is -4.45. The van der Waals surface area contributed by atoms with Gasteiger partial charge < -0.3 is 19.5 Å². The molecule has 1 saturated heterocycles. The predicted octanol–water partition coefficient (Wildman–Crippen LogP) is 1.96. The first-order valence-corrected chi connectivity index (χ1v) is 19.2. The van der Waals surface area contributed by atoms with Crippen molar-refractivity contribution in [1.29, 1.82) is 0 Å². The van der Waals surface area contributed by atoms with Crippen LogP contribution >= 0.6 is 0 Å². The maximum atomic E-state index is 14.1. The molecule has 0 bridgehead atoms. The van der Waals surface area contributed by atoms with Crippen LogP contribution in [0.3, 0.4) is 0 Å². The zero-order valence-electron chi connectivity index (χ0n) is 28.9. The van der Waals surface area contributed by atoms with Crippen molar-refractivity contribution in [3.05, 3.63) is 62.3 Å². The van der Waals surface area contributed by atoms with E-state index in [0.717, 1.165) is 28.7 Å². The van der Waals surface area contributed by atoms with Gasteiger partial charge in [0.2, 0.25) is 26.0 Å². The summed E-state index contributed by atoms with van der Waals surface area (Å²) in [6, 6.07) is 4.66. The Morgan fingerprint density at radius 2 is 1.73 bits per heavy atom. The van der Waals surface area contributed by atoms with Gasteiger partial charge in [-0.2, -0.15) is 8.69 Å². The number of alkyl carbamates (subject to hydrolysis) is 1. The number of hydrogen-bond acceptors (Lipinski definition) is 11. The molecule has 3 heterocycles. The molecule has 268 valence electrons. The van der Waals surface area contributed by atoms with Crippen molar-refractivity contribution in [2.24, 2.45) is 7.05 Å². The topological polar surface area (TPSA) is 192 Å². The number of rotatable bonds is 10. The van der Waals surface area contributed by atoms with Crippen molar-refractivity contribution >= 4 is 54.7 Å². The number of carbonyl (C=O) groups excluding carboxylic acids is 2. The van der Waals surface area contributed by atoms with Gasteiger partial charge >= 0.3 is 11.8 Å². The lowest BCUT2D eigenvalue weighted by molar-refractivity contribution is 0.0499. The van der Waals surface area contributed by atoms with Gasteiger partial charge in [-0.3, -0.25) is 18.7 Å². The molecule has 49 heavy (non-hydrogen) atoms. The summed E-state index contributed by atoms with van der Waals surface area (Å²) in [6.07, 6.45) is 4.19. The number of Topliss-reactive ketones (excluding diaryl/α,β-unsaturated/α-hetero) is 1. The number of benzene rings is 1. The lowest BCUT2D eigenvalue weighted by Gasteiger charge is -2.34. The van der Waals surface area contributed by atoms with E-state index in [-0.39, 0.29) is 38.7 Å². The van der Waals surface area contributed by atoms with Crippen LogP contribution in [0.15, 0.2) is 45.5 Å². The van der Waals surface area contributed by atoms with E-state index in [1.165, 1.54) is 29.8 Å². The first-order valence-electron chi connectivity index (χ1n) is 15.5. The molecule has 4 rings (SSSR count). The summed E-state index contributed by atoms with van der Waals surface area (Å²) in [5.74, 6) is -0.321. The number of allylic oxidation sites excluding steroid dienone is 2. The molecule has 1 atom stereocenters. The number of hydrogen-bond donors (Lipinski definition) is 1. The van der Waals surface area contributed by atoms with Crippen LogP contribution in [0.5, 0.6) is 0 Å². The van der Waals surface area contributed by atoms with Crippen LogP contribution in [0.25, 0.3) is 11.2 Å². The van der Waals surface area contributed by atoms with Gasteiger partial charge in [-0.15, -0.1) is 0 Å². The van der Waals surface area contributed by atoms with Crippen molar-refractivity contribution in [3.8, 4) is 0 Å². The van der Waals surface area contributed by atoms with Gasteiger partial charge in [0.05, 0.1) is 24.7 Å². The van der Waals surface area contributed by atoms with Crippen molar-refractivity contribution in [3.63, 3.8) is 0 Å². The lowest BCUT2D eigenvalue weighted by Crippen LogP contribution is -2.49. The van der Waals surface area contributed by atoms with E-state index in [1.807, 2.05) is 24.8 Å². The van der Waals surface area contributed by atoms with Gasteiger partial charge in [0.15, 0.2) is 16.9 Å². The van der Waals surface area contributed by atoms with Gasteiger partial charge in [-0.05, 0) is 59.6 Å². The maximum absolute atomic E-state index is 14.1. The minimum Gasteiger partial charge on any atom is -0.444 e. The summed E-state index contributed by atoms with van der Waals surface area (Å²) < 4.78 is 58.4. The number of fused-ring (bicyclic) bond motifs is 1. The number of ketones is 1. The molecule has 1 fully saturated rings. The maximum Gasteiger partial charge on any atom is 0.407 e. The molecular weight excluding hydrogens is 679 g/mol. The van der Waals surface area contributed by atoms with Gasteiger partial charge in [0, 0.05) is 38.3 Å². The SMILES string of the molecule is CC(C)=CCn1c(N2CCCC(NC(=O)OC(C)(C)C)C2)nc2c1c(=O)n(CC(=O)c1cccc(N(S(C)(=O)=O)S(C)(=O)=O)c1)c(=O)n2C. The Morgan fingerprint density at radius 3 is 2.33 bits per heavy atom. The number of anilines is 2. The quantitative estimate of drug-likeness (QED) is 0.238. The summed E-state index contributed by atoms with van der Waals surface area (Å²) in [4.78, 5) is 60.3. The van der Waals surface area contributed by atoms with Crippen LogP contribution in [0.1, 0.15) is 57.8 Å². The number of nitrogens with one attached hydrogen (secondary N) is 1. The first kappa shape index (κ1) is 37.4. The first-order chi connectivity index (χ1) is 22.6. The average Bonchev–Trinajstić information content (AvgIpc) is 3.34. The van der Waals surface area contributed by atoms with Gasteiger partial charge in [0.25, 0.3) is 5.56 Å². The Labute approximate surface area is 285 Å². The molecule has 1 aromatic carbocycles. The van der Waals surface area contributed by atoms with E-state index in [9.17, 15) is 36.0 Å². The third-order valence-corrected chi connectivity index (χ3v) is 10.9. The molecule has 1 aliphatic rings. The fraction of sp³-hybridized carbons (Fsp3) is 0.516. The average molecular weight is 722 g/mol. The second-order valence-corrected chi connectivity index (χ2v) is 17.2. The van der Waals surface area contributed by atoms with Crippen molar-refractivity contribution in [2.75, 3.05) is 34.2 Å². The van der Waals surface area contributed by atoms with E-state index in [2.05, 4.69) is 5.32 Å². The zero-order chi connectivity index (χ0) is 36.6. The van der Waals surface area contributed by atoms with Gasteiger partial charge in [-0.1, -0.05) is 23.8 Å². The zero-order valence-corrected chi connectivity index (χ0v) is 30.5. The van der Waals surface area contributed by atoms with Crippen LogP contribution in [0.2, 0.25) is 0 Å². The molecule has 2 aromatic heterocycles. The fourth-order valence-electron chi connectivity index (χ4n) is 5.60. The monoisotopic (exact) mass is 721 g/mol. The molecule has 16 nitrogen and oxygen atoms in total. The number of imidazole rings is 1. The molecule has 0 saturated carbocycles. The Bertz CT molecular complexity index is 2120. The van der Waals surface area contributed by atoms with Gasteiger partial charge in [0.1, 0.15) is 5.60 Å². The number of carbonyl (C=O) groups is 2. The van der Waals surface area contributed by atoms with E-state index in [1.54, 1.807) is 25.3 Å². The number of ether oxygens (including phenoxy) is 1. The molecule has 0 aliphatic carbocycles. The van der Waals surface area contributed by atoms with Crippen LogP contribution in [-0.2, 0) is 44.9 Å². The molecule has 1 amide bonds. The minimum absolute atomic E-state index is 0.0821. The van der Waals surface area contributed by atoms with E-state index in [0.29, 0.717) is 31.9 Å². The summed E-state index contributed by atoms with van der Waals surface area (Å²) in [5.41, 5.74) is -1.49. The number of sulfonamides is 2. The molecule has 3 aromatic rings. The second kappa shape index (κ2) is 13.8. The molecule has 1 aliphatic heterocycles. The number of amides is 1. The number of nitrogens with zero attached hydrogens (tertiary/aromatic N) is 6. The second-order valence-electron chi connectivity index (χ2n) is 13.3. The Balaban J connectivity index is 1.77. The van der Waals surface area contributed by atoms with E-state index < -0.39 is 55.3 Å². The smallest absolute Gasteiger partial charge is 0.407 e. The number of aromatic nitrogens is 4. The highest BCUT2D eigenvalue weighted by Gasteiger charge is 2.30. The number of aryl methyl sites for hydroxylation is 1. The summed E-state index contributed by atoms with van der Waals surface area (Å²) in [6.45, 7) is 9.58. The molecule has 0 radical (unpaired) electrons. The summed E-state index contributed by atoms with van der Waals surface area (Å²) in [7, 11) is -7.12. The van der Waals surface area contributed by atoms with Crippen molar-refractivity contribution in [2.45, 2.75) is 72.2 Å². The van der Waals surface area contributed by atoms with Crippen LogP contribution in [-0.4, -0.2) is 84.6 Å². The molecule has 1 N–H and O–H groups in total. The van der Waals surface area contributed by atoms with Crippen LogP contribution in [0, 0.1) is 0 Å². The number of piperidine rings is 1. The van der Waals surface area contributed by atoms with Crippen molar-refractivity contribution < 1.29 is 31.2 Å². The minimum atomic E-state index is -4.28. The lowest BCUT2D eigenvalue weighted by atomic mass is 10.1. The molecule has 18 heteroatoms. The van der Waals surface area contributed by atoms with Gasteiger partial charge in [-0.25, -0.2) is 26.4 Å². The largest absolute Gasteiger partial charge is 0.444 e. The van der Waals surface area contributed by atoms with E-state index in [4.69, 9.17) is 9.72 Å². The van der Waals surface area contributed by atoms with Crippen LogP contribution < -0.4 is 25.2 Å². The van der Waals surface area contributed by atoms with Crippen LogP contribution in [0.4, 0.5) is 16.4 Å². The molecular formula is C31H43N7O9S2. The third-order valence-electron chi connectivity index (χ3n) is 7.60. The highest BCUT2D eigenvalue weighted by atomic mass is 32.3.